The predicted octanol–water partition coefficient (Wildman–Crippen LogP) is 3.55. The second kappa shape index (κ2) is 9.57. The summed E-state index contributed by atoms with van der Waals surface area (Å²) in [6, 6.07) is 16.4. The molecule has 1 aliphatic heterocycles. The topological polar surface area (TPSA) is 91.5 Å². The van der Waals surface area contributed by atoms with Crippen LogP contribution in [0, 0.1) is 5.82 Å². The zero-order valence-electron chi connectivity index (χ0n) is 18.1. The normalized spacial score (nSPS) is 14.7. The third kappa shape index (κ3) is 4.92. The lowest BCUT2D eigenvalue weighted by Gasteiger charge is -2.12. The minimum absolute atomic E-state index is 0.305. The molecule has 0 saturated heterocycles. The van der Waals surface area contributed by atoms with Crippen molar-refractivity contribution in [1.29, 1.82) is 0 Å². The molecule has 0 atom stereocenters. The van der Waals surface area contributed by atoms with Crippen LogP contribution in [0.2, 0.25) is 0 Å². The molecule has 3 aromatic rings. The van der Waals surface area contributed by atoms with Gasteiger partial charge in [-0.1, -0.05) is 24.3 Å². The third-order valence-corrected chi connectivity index (χ3v) is 5.17. The monoisotopic (exact) mass is 431 g/mol. The van der Waals surface area contributed by atoms with Crippen LogP contribution in [0.5, 0.6) is 0 Å². The molecule has 4 rings (SSSR count). The van der Waals surface area contributed by atoms with E-state index in [4.69, 9.17) is 10.7 Å². The Labute approximate surface area is 186 Å². The van der Waals surface area contributed by atoms with Crippen molar-refractivity contribution in [3.05, 3.63) is 89.0 Å². The number of nitrogens with two attached hydrogens (primary N) is 1. The number of rotatable bonds is 7. The van der Waals surface area contributed by atoms with E-state index in [2.05, 4.69) is 25.5 Å². The molecule has 32 heavy (non-hydrogen) atoms. The number of nitrogens with one attached hydrogen (secondary N) is 2. The second-order valence-electron chi connectivity index (χ2n) is 7.66. The van der Waals surface area contributed by atoms with Gasteiger partial charge in [-0.25, -0.2) is 9.37 Å². The molecule has 8 heteroatoms. The van der Waals surface area contributed by atoms with E-state index in [0.29, 0.717) is 42.7 Å². The lowest BCUT2D eigenvalue weighted by molar-refractivity contribution is 0.426. The maximum Gasteiger partial charge on any atom is 0.224 e. The van der Waals surface area contributed by atoms with Crippen molar-refractivity contribution < 1.29 is 4.39 Å². The number of hydrogen-bond donors (Lipinski definition) is 3. The van der Waals surface area contributed by atoms with Crippen molar-refractivity contribution in [1.82, 2.24) is 14.9 Å². The summed E-state index contributed by atoms with van der Waals surface area (Å²) in [4.78, 5) is 15.4. The van der Waals surface area contributed by atoms with E-state index in [0.717, 1.165) is 22.5 Å². The van der Waals surface area contributed by atoms with Gasteiger partial charge in [-0.15, -0.1) is 0 Å². The summed E-state index contributed by atoms with van der Waals surface area (Å²) in [5.41, 5.74) is 10.8. The second-order valence-corrected chi connectivity index (χ2v) is 7.66. The minimum Gasteiger partial charge on any atom is -0.401 e. The van der Waals surface area contributed by atoms with Gasteiger partial charge >= 0.3 is 0 Å². The standard InChI is InChI=1S/C24H26FN7/c1-27-24-28-11-10-22(31-24)30-17-7-5-6-16(12-17)13-29-23(18-8-3-4-9-20(18)25)19-14-32(2)15-21(19)26/h3-12H,13-15,26H2,1-2H3,(H2,27,28,30,31). The molecule has 0 amide bonds. The Morgan fingerprint density at radius 1 is 1.16 bits per heavy atom. The highest BCUT2D eigenvalue weighted by Crippen LogP contribution is 2.22. The van der Waals surface area contributed by atoms with Crippen molar-refractivity contribution in [3.63, 3.8) is 0 Å². The molecule has 2 heterocycles. The molecule has 4 N–H and O–H groups in total. The van der Waals surface area contributed by atoms with Crippen LogP contribution in [0.25, 0.3) is 0 Å². The highest BCUT2D eigenvalue weighted by Gasteiger charge is 2.23. The Bertz CT molecular complexity index is 1170. The molecule has 0 saturated carbocycles. The number of halogens is 1. The summed E-state index contributed by atoms with van der Waals surface area (Å²) in [5.74, 6) is 0.919. The number of aromatic nitrogens is 2. The van der Waals surface area contributed by atoms with Gasteiger partial charge in [-0.3, -0.25) is 9.89 Å². The predicted molar refractivity (Wildman–Crippen MR) is 127 cm³/mol. The number of anilines is 3. The number of likely N-dealkylation sites (N-methyl/N-ethyl adjacent to an activating group) is 1. The first-order chi connectivity index (χ1) is 15.5. The smallest absolute Gasteiger partial charge is 0.224 e. The highest BCUT2D eigenvalue weighted by atomic mass is 19.1. The summed E-state index contributed by atoms with van der Waals surface area (Å²) < 4.78 is 14.6. The first kappa shape index (κ1) is 21.5. The van der Waals surface area contributed by atoms with Crippen molar-refractivity contribution in [2.75, 3.05) is 37.8 Å². The molecular weight excluding hydrogens is 405 g/mol. The third-order valence-electron chi connectivity index (χ3n) is 5.17. The van der Waals surface area contributed by atoms with Crippen molar-refractivity contribution in [2.24, 2.45) is 10.7 Å². The molecule has 0 unspecified atom stereocenters. The number of aliphatic imine (C=N–C) groups is 1. The Hall–Kier alpha value is -3.78. The Morgan fingerprint density at radius 3 is 2.75 bits per heavy atom. The molecule has 0 radical (unpaired) electrons. The summed E-state index contributed by atoms with van der Waals surface area (Å²) in [6.45, 7) is 1.68. The van der Waals surface area contributed by atoms with Crippen molar-refractivity contribution >= 4 is 23.2 Å². The Balaban J connectivity index is 1.61. The van der Waals surface area contributed by atoms with Gasteiger partial charge in [0.25, 0.3) is 0 Å². The number of nitrogens with zero attached hydrogens (tertiary/aromatic N) is 4. The van der Waals surface area contributed by atoms with Gasteiger partial charge in [0.2, 0.25) is 5.95 Å². The zero-order chi connectivity index (χ0) is 22.5. The maximum atomic E-state index is 14.6. The van der Waals surface area contributed by atoms with Gasteiger partial charge in [0, 0.05) is 48.9 Å². The molecule has 0 aliphatic carbocycles. The van der Waals surface area contributed by atoms with Crippen LogP contribution in [0.3, 0.4) is 0 Å². The van der Waals surface area contributed by atoms with Crippen LogP contribution in [-0.4, -0.2) is 47.8 Å². The van der Waals surface area contributed by atoms with Crippen molar-refractivity contribution in [2.45, 2.75) is 6.54 Å². The van der Waals surface area contributed by atoms with E-state index in [9.17, 15) is 4.39 Å². The molecule has 1 aromatic heterocycles. The highest BCUT2D eigenvalue weighted by molar-refractivity contribution is 6.13. The lowest BCUT2D eigenvalue weighted by atomic mass is 10.0. The van der Waals surface area contributed by atoms with Crippen LogP contribution in [-0.2, 0) is 6.54 Å². The van der Waals surface area contributed by atoms with Gasteiger partial charge < -0.3 is 16.4 Å². The number of benzene rings is 2. The van der Waals surface area contributed by atoms with Crippen LogP contribution in [0.15, 0.2) is 77.1 Å². The fourth-order valence-corrected chi connectivity index (χ4v) is 3.65. The Morgan fingerprint density at radius 2 is 2.00 bits per heavy atom. The van der Waals surface area contributed by atoms with E-state index < -0.39 is 0 Å². The summed E-state index contributed by atoms with van der Waals surface area (Å²) in [6.07, 6.45) is 1.69. The van der Waals surface area contributed by atoms with Crippen LogP contribution >= 0.6 is 0 Å². The minimum atomic E-state index is -0.305. The van der Waals surface area contributed by atoms with Gasteiger partial charge in [0.1, 0.15) is 11.6 Å². The van der Waals surface area contributed by atoms with Gasteiger partial charge in [0.15, 0.2) is 0 Å². The van der Waals surface area contributed by atoms with Crippen LogP contribution in [0.1, 0.15) is 11.1 Å². The van der Waals surface area contributed by atoms with Crippen LogP contribution in [0.4, 0.5) is 21.8 Å². The SMILES string of the molecule is CNc1nccc(Nc2cccc(CN=C(C3=C(N)CN(C)C3)c3ccccc3F)c2)n1. The quantitative estimate of drug-likeness (QED) is 0.496. The summed E-state index contributed by atoms with van der Waals surface area (Å²) >= 11 is 0. The molecule has 0 spiro atoms. The molecular formula is C24H26FN7. The molecule has 7 nitrogen and oxygen atoms in total. The molecule has 2 aromatic carbocycles. The molecule has 1 aliphatic rings. The van der Waals surface area contributed by atoms with Gasteiger partial charge in [-0.2, -0.15) is 4.98 Å². The average molecular weight is 432 g/mol. The first-order valence-corrected chi connectivity index (χ1v) is 10.4. The fourth-order valence-electron chi connectivity index (χ4n) is 3.65. The van der Waals surface area contributed by atoms with Gasteiger partial charge in [0.05, 0.1) is 12.3 Å². The molecule has 0 bridgehead atoms. The van der Waals surface area contributed by atoms with E-state index >= 15 is 0 Å². The molecule has 164 valence electrons. The average Bonchev–Trinajstić information content (AvgIpc) is 3.13. The number of hydrogen-bond acceptors (Lipinski definition) is 7. The lowest BCUT2D eigenvalue weighted by Crippen LogP contribution is -2.18. The van der Waals surface area contributed by atoms with E-state index in [1.165, 1.54) is 6.07 Å². The van der Waals surface area contributed by atoms with E-state index in [1.807, 2.05) is 37.4 Å². The van der Waals surface area contributed by atoms with E-state index in [1.54, 1.807) is 31.4 Å². The maximum absolute atomic E-state index is 14.6. The van der Waals surface area contributed by atoms with Crippen molar-refractivity contribution in [3.8, 4) is 0 Å². The summed E-state index contributed by atoms with van der Waals surface area (Å²) in [7, 11) is 3.76. The molecule has 0 fully saturated rings. The van der Waals surface area contributed by atoms with Gasteiger partial charge in [-0.05, 0) is 42.9 Å². The Kier molecular flexibility index (Phi) is 6.42. The van der Waals surface area contributed by atoms with Crippen LogP contribution < -0.4 is 16.4 Å². The first-order valence-electron chi connectivity index (χ1n) is 10.4. The fraction of sp³-hybridized carbons (Fsp3) is 0.208. The zero-order valence-corrected chi connectivity index (χ0v) is 18.1. The van der Waals surface area contributed by atoms with E-state index in [-0.39, 0.29) is 5.82 Å². The largest absolute Gasteiger partial charge is 0.401 e. The summed E-state index contributed by atoms with van der Waals surface area (Å²) in [5, 5.41) is 6.20.